The number of anilines is 1. The van der Waals surface area contributed by atoms with Crippen molar-refractivity contribution >= 4 is 28.2 Å². The summed E-state index contributed by atoms with van der Waals surface area (Å²) in [6, 6.07) is 11.6. The van der Waals surface area contributed by atoms with Crippen LogP contribution in [0.3, 0.4) is 0 Å². The molecule has 3 rings (SSSR count). The smallest absolute Gasteiger partial charge is 0.248 e. The molecular weight excluding hydrogens is 346 g/mol. The monoisotopic (exact) mass is 371 g/mol. The third-order valence-corrected chi connectivity index (χ3v) is 5.31. The van der Waals surface area contributed by atoms with Crippen molar-refractivity contribution in [1.82, 2.24) is 10.2 Å². The van der Waals surface area contributed by atoms with Crippen LogP contribution in [0.25, 0.3) is 0 Å². The summed E-state index contributed by atoms with van der Waals surface area (Å²) in [5.41, 5.74) is 6.86. The van der Waals surface area contributed by atoms with Gasteiger partial charge in [0, 0.05) is 38.3 Å². The average Bonchev–Trinajstić information content (AvgIpc) is 3.20. The lowest BCUT2D eigenvalue weighted by molar-refractivity contribution is 0.100. The summed E-state index contributed by atoms with van der Waals surface area (Å²) in [5, 5.41) is 6.84. The van der Waals surface area contributed by atoms with Crippen LogP contribution < -0.4 is 16.0 Å². The van der Waals surface area contributed by atoms with E-state index < -0.39 is 5.91 Å². The van der Waals surface area contributed by atoms with Gasteiger partial charge in [-0.2, -0.15) is 0 Å². The summed E-state index contributed by atoms with van der Waals surface area (Å²) in [7, 11) is 0. The summed E-state index contributed by atoms with van der Waals surface area (Å²) in [6.45, 7) is 7.39. The number of hydrogen-bond donors (Lipinski definition) is 2. The van der Waals surface area contributed by atoms with Crippen molar-refractivity contribution < 1.29 is 4.79 Å². The number of nitrogens with zero attached hydrogens (tertiary/aromatic N) is 3. The summed E-state index contributed by atoms with van der Waals surface area (Å²) >= 11 is 1.79. The molecule has 1 amide bonds. The van der Waals surface area contributed by atoms with Gasteiger partial charge in [-0.1, -0.05) is 12.1 Å². The number of carbonyl (C=O) groups excluding carboxylic acids is 1. The standard InChI is InChI=1S/C19H25N5OS/c1-2-21-19(22-14-15-5-7-16(8-6-15)18(20)25)24-11-9-23(10-12-24)17-4-3-13-26-17/h3-8,13H,2,9-12,14H2,1H3,(H2,20,25)(H,21,22). The highest BCUT2D eigenvalue weighted by atomic mass is 32.1. The van der Waals surface area contributed by atoms with Crippen molar-refractivity contribution in [2.24, 2.45) is 10.7 Å². The highest BCUT2D eigenvalue weighted by Crippen LogP contribution is 2.22. The van der Waals surface area contributed by atoms with E-state index >= 15 is 0 Å². The zero-order valence-corrected chi connectivity index (χ0v) is 15.8. The minimum absolute atomic E-state index is 0.406. The first-order chi connectivity index (χ1) is 12.7. The molecule has 0 radical (unpaired) electrons. The molecule has 1 saturated heterocycles. The fourth-order valence-electron chi connectivity index (χ4n) is 2.95. The number of nitrogens with two attached hydrogens (primary N) is 1. The Balaban J connectivity index is 1.61. The molecule has 7 heteroatoms. The molecule has 1 fully saturated rings. The predicted molar refractivity (Wildman–Crippen MR) is 108 cm³/mol. The number of nitrogens with one attached hydrogen (secondary N) is 1. The Morgan fingerprint density at radius 3 is 2.50 bits per heavy atom. The van der Waals surface area contributed by atoms with E-state index in [0.717, 1.165) is 44.2 Å². The number of amides is 1. The van der Waals surface area contributed by atoms with Crippen molar-refractivity contribution in [3.05, 3.63) is 52.9 Å². The summed E-state index contributed by atoms with van der Waals surface area (Å²) in [4.78, 5) is 20.7. The van der Waals surface area contributed by atoms with Crippen molar-refractivity contribution in [2.75, 3.05) is 37.6 Å². The van der Waals surface area contributed by atoms with Crippen molar-refractivity contribution in [3.8, 4) is 0 Å². The first-order valence-corrected chi connectivity index (χ1v) is 9.76. The van der Waals surface area contributed by atoms with Gasteiger partial charge in [-0.05, 0) is 42.1 Å². The zero-order valence-electron chi connectivity index (χ0n) is 15.0. The quantitative estimate of drug-likeness (QED) is 0.624. The van der Waals surface area contributed by atoms with Gasteiger partial charge in [0.25, 0.3) is 0 Å². The summed E-state index contributed by atoms with van der Waals surface area (Å²) < 4.78 is 0. The first-order valence-electron chi connectivity index (χ1n) is 8.88. The van der Waals surface area contributed by atoms with Crippen molar-refractivity contribution in [2.45, 2.75) is 13.5 Å². The number of carbonyl (C=O) groups is 1. The largest absolute Gasteiger partial charge is 0.366 e. The topological polar surface area (TPSA) is 74.0 Å². The molecular formula is C19H25N5OS. The number of aliphatic imine (C=N–C) groups is 1. The van der Waals surface area contributed by atoms with Gasteiger partial charge in [-0.25, -0.2) is 4.99 Å². The second-order valence-electron chi connectivity index (χ2n) is 6.16. The highest BCUT2D eigenvalue weighted by molar-refractivity contribution is 7.14. The van der Waals surface area contributed by atoms with Crippen LogP contribution >= 0.6 is 11.3 Å². The van der Waals surface area contributed by atoms with Gasteiger partial charge >= 0.3 is 0 Å². The molecule has 1 aliphatic heterocycles. The van der Waals surface area contributed by atoms with Crippen LogP contribution in [0.1, 0.15) is 22.8 Å². The molecule has 1 aliphatic rings. The van der Waals surface area contributed by atoms with E-state index in [4.69, 9.17) is 10.7 Å². The highest BCUT2D eigenvalue weighted by Gasteiger charge is 2.20. The van der Waals surface area contributed by atoms with E-state index in [1.165, 1.54) is 5.00 Å². The maximum Gasteiger partial charge on any atom is 0.248 e. The Labute approximate surface area is 158 Å². The number of thiophene rings is 1. The van der Waals surface area contributed by atoms with Crippen molar-refractivity contribution in [3.63, 3.8) is 0 Å². The number of rotatable bonds is 5. The van der Waals surface area contributed by atoms with Gasteiger partial charge in [0.15, 0.2) is 5.96 Å². The number of primary amides is 1. The predicted octanol–water partition coefficient (Wildman–Crippen LogP) is 2.13. The van der Waals surface area contributed by atoms with Gasteiger partial charge in [0.1, 0.15) is 0 Å². The van der Waals surface area contributed by atoms with E-state index in [0.29, 0.717) is 12.1 Å². The molecule has 26 heavy (non-hydrogen) atoms. The molecule has 6 nitrogen and oxygen atoms in total. The average molecular weight is 372 g/mol. The van der Waals surface area contributed by atoms with Crippen LogP contribution in [0.2, 0.25) is 0 Å². The Morgan fingerprint density at radius 1 is 1.19 bits per heavy atom. The van der Waals surface area contributed by atoms with Gasteiger partial charge in [-0.15, -0.1) is 11.3 Å². The van der Waals surface area contributed by atoms with Crippen molar-refractivity contribution in [1.29, 1.82) is 0 Å². The van der Waals surface area contributed by atoms with Gasteiger partial charge in [0.2, 0.25) is 5.91 Å². The maximum atomic E-state index is 11.2. The fourth-order valence-corrected chi connectivity index (χ4v) is 3.74. The molecule has 0 spiro atoms. The number of hydrogen-bond acceptors (Lipinski definition) is 4. The minimum Gasteiger partial charge on any atom is -0.366 e. The molecule has 3 N–H and O–H groups in total. The molecule has 0 saturated carbocycles. The second kappa shape index (κ2) is 8.71. The van der Waals surface area contributed by atoms with Crippen LogP contribution in [0.15, 0.2) is 46.8 Å². The van der Waals surface area contributed by atoms with E-state index in [9.17, 15) is 4.79 Å². The second-order valence-corrected chi connectivity index (χ2v) is 7.08. The van der Waals surface area contributed by atoms with E-state index in [2.05, 4.69) is 39.6 Å². The SMILES string of the molecule is CCNC(=NCc1ccc(C(N)=O)cc1)N1CCN(c2cccs2)CC1. The van der Waals surface area contributed by atoms with E-state index in [1.54, 1.807) is 23.5 Å². The third-order valence-electron chi connectivity index (χ3n) is 4.38. The Morgan fingerprint density at radius 2 is 1.92 bits per heavy atom. The van der Waals surface area contributed by atoms with Gasteiger partial charge in [0.05, 0.1) is 11.5 Å². The van der Waals surface area contributed by atoms with Gasteiger partial charge in [-0.3, -0.25) is 4.79 Å². The molecule has 2 heterocycles. The lowest BCUT2D eigenvalue weighted by Crippen LogP contribution is -2.52. The van der Waals surface area contributed by atoms with Crippen LogP contribution in [0, 0.1) is 0 Å². The number of guanidine groups is 1. The molecule has 0 aliphatic carbocycles. The lowest BCUT2D eigenvalue weighted by Gasteiger charge is -2.37. The third kappa shape index (κ3) is 4.54. The minimum atomic E-state index is -0.406. The summed E-state index contributed by atoms with van der Waals surface area (Å²) in [6.07, 6.45) is 0. The van der Waals surface area contributed by atoms with E-state index in [1.807, 2.05) is 12.1 Å². The molecule has 0 bridgehead atoms. The Kier molecular flexibility index (Phi) is 6.12. The van der Waals surface area contributed by atoms with Crippen LogP contribution in [-0.2, 0) is 6.54 Å². The molecule has 1 aromatic carbocycles. The van der Waals surface area contributed by atoms with Gasteiger partial charge < -0.3 is 20.9 Å². The molecule has 138 valence electrons. The van der Waals surface area contributed by atoms with Crippen LogP contribution in [0.4, 0.5) is 5.00 Å². The number of benzene rings is 1. The normalized spacial score (nSPS) is 15.2. The van der Waals surface area contributed by atoms with E-state index in [-0.39, 0.29) is 0 Å². The Hall–Kier alpha value is -2.54. The van der Waals surface area contributed by atoms with Crippen LogP contribution in [0.5, 0.6) is 0 Å². The Bertz CT molecular complexity index is 734. The molecule has 1 aromatic heterocycles. The molecule has 0 unspecified atom stereocenters. The maximum absolute atomic E-state index is 11.2. The lowest BCUT2D eigenvalue weighted by atomic mass is 10.1. The number of piperazine rings is 1. The zero-order chi connectivity index (χ0) is 18.4. The molecule has 2 aromatic rings. The van der Waals surface area contributed by atoms with Crippen LogP contribution in [-0.4, -0.2) is 49.5 Å². The fraction of sp³-hybridized carbons (Fsp3) is 0.368. The first kappa shape index (κ1) is 18.3. The summed E-state index contributed by atoms with van der Waals surface area (Å²) in [5.74, 6) is 0.536. The molecule has 0 atom stereocenters.